The summed E-state index contributed by atoms with van der Waals surface area (Å²) in [4.78, 5) is 18.4. The Balaban J connectivity index is 1.71. The second-order valence-electron chi connectivity index (χ2n) is 6.07. The lowest BCUT2D eigenvalue weighted by atomic mass is 10.2. The van der Waals surface area contributed by atoms with Crippen LogP contribution in [0.25, 0.3) is 0 Å². The van der Waals surface area contributed by atoms with Crippen LogP contribution in [-0.4, -0.2) is 41.6 Å². The molecule has 2 N–H and O–H groups in total. The van der Waals surface area contributed by atoms with Crippen molar-refractivity contribution in [2.45, 2.75) is 18.9 Å². The van der Waals surface area contributed by atoms with Crippen molar-refractivity contribution in [3.8, 4) is 5.75 Å². The number of alkyl halides is 3. The van der Waals surface area contributed by atoms with Gasteiger partial charge in [-0.15, -0.1) is 13.2 Å². The maximum absolute atomic E-state index is 13.7. The summed E-state index contributed by atoms with van der Waals surface area (Å²) in [5.74, 6) is -2.30. The normalized spacial score (nSPS) is 16.9. The number of carbonyl (C=O) groups is 1. The van der Waals surface area contributed by atoms with E-state index in [4.69, 9.17) is 0 Å². The number of nitrogens with zero attached hydrogens (tertiary/aromatic N) is 2. The van der Waals surface area contributed by atoms with Crippen molar-refractivity contribution in [2.75, 3.05) is 23.3 Å². The van der Waals surface area contributed by atoms with Crippen molar-refractivity contribution in [3.63, 3.8) is 0 Å². The Morgan fingerprint density at radius 2 is 2.11 bits per heavy atom. The van der Waals surface area contributed by atoms with Gasteiger partial charge in [-0.3, -0.25) is 4.79 Å². The maximum Gasteiger partial charge on any atom is 0.573 e. The third kappa shape index (κ3) is 4.90. The number of carbonyl (C=O) groups excluding carboxylic acids is 1. The van der Waals surface area contributed by atoms with Gasteiger partial charge in [-0.1, -0.05) is 0 Å². The summed E-state index contributed by atoms with van der Waals surface area (Å²) in [7, 11) is 0. The highest BCUT2D eigenvalue weighted by Gasteiger charge is 2.32. The van der Waals surface area contributed by atoms with E-state index in [0.717, 1.165) is 18.2 Å². The van der Waals surface area contributed by atoms with Gasteiger partial charge in [0.25, 0.3) is 5.91 Å². The number of aliphatic hydroxyl groups excluding tert-OH is 1. The number of amides is 1. The monoisotopic (exact) mass is 463 g/mol. The first-order valence-electron chi connectivity index (χ1n) is 8.07. The third-order valence-corrected chi connectivity index (χ3v) is 4.55. The molecule has 150 valence electrons. The standard InChI is InChI=1S/C17H14BrF4N3O3/c18-12-5-9(7-23-15(12)25-4-3-11(26)8-25)16(27)24-10-1-2-14(13(19)6-10)28-17(20,21)22/h1-2,5-7,11,26H,3-4,8H2,(H,24,27)/t11-/m1/s1. The molecule has 1 aliphatic heterocycles. The molecule has 0 saturated carbocycles. The summed E-state index contributed by atoms with van der Waals surface area (Å²) >= 11 is 3.33. The molecule has 11 heteroatoms. The molecule has 2 aromatic rings. The molecule has 1 saturated heterocycles. The predicted octanol–water partition coefficient (Wildman–Crippen LogP) is 3.71. The Bertz CT molecular complexity index is 894. The van der Waals surface area contributed by atoms with E-state index in [-0.39, 0.29) is 11.3 Å². The molecule has 1 aromatic heterocycles. The van der Waals surface area contributed by atoms with Gasteiger partial charge in [0.2, 0.25) is 0 Å². The highest BCUT2D eigenvalue weighted by Crippen LogP contribution is 2.29. The second-order valence-corrected chi connectivity index (χ2v) is 6.92. The van der Waals surface area contributed by atoms with Crippen LogP contribution in [0.1, 0.15) is 16.8 Å². The van der Waals surface area contributed by atoms with E-state index >= 15 is 0 Å². The molecule has 2 heterocycles. The zero-order valence-corrected chi connectivity index (χ0v) is 15.7. The first-order chi connectivity index (χ1) is 13.1. The molecule has 6 nitrogen and oxygen atoms in total. The number of halogens is 5. The van der Waals surface area contributed by atoms with Crippen LogP contribution < -0.4 is 15.0 Å². The summed E-state index contributed by atoms with van der Waals surface area (Å²) in [5, 5.41) is 12.0. The van der Waals surface area contributed by atoms with Crippen molar-refractivity contribution in [2.24, 2.45) is 0 Å². The number of anilines is 2. The van der Waals surface area contributed by atoms with Crippen LogP contribution in [0.2, 0.25) is 0 Å². The van der Waals surface area contributed by atoms with Crippen LogP contribution in [0.5, 0.6) is 5.75 Å². The molecule has 28 heavy (non-hydrogen) atoms. The van der Waals surface area contributed by atoms with Gasteiger partial charge in [0.15, 0.2) is 11.6 Å². The fourth-order valence-electron chi connectivity index (χ4n) is 2.71. The molecule has 1 aromatic carbocycles. The minimum Gasteiger partial charge on any atom is -0.403 e. The fraction of sp³-hybridized carbons (Fsp3) is 0.294. The van der Waals surface area contributed by atoms with E-state index < -0.39 is 29.9 Å². The number of hydrogen-bond acceptors (Lipinski definition) is 5. The number of benzene rings is 1. The number of nitrogens with one attached hydrogen (secondary N) is 1. The molecule has 1 atom stereocenters. The smallest absolute Gasteiger partial charge is 0.403 e. The van der Waals surface area contributed by atoms with Gasteiger partial charge in [0.1, 0.15) is 5.82 Å². The number of β-amino-alcohol motifs (C(OH)–C–C–N with tert-alkyl or cyclic N) is 1. The number of pyridine rings is 1. The third-order valence-electron chi connectivity index (χ3n) is 3.96. The van der Waals surface area contributed by atoms with Gasteiger partial charge < -0.3 is 20.1 Å². The Hall–Kier alpha value is -2.40. The molecular formula is C17H14BrF4N3O3. The first-order valence-corrected chi connectivity index (χ1v) is 8.87. The van der Waals surface area contributed by atoms with Gasteiger partial charge in [0.05, 0.1) is 16.1 Å². The Kier molecular flexibility index (Phi) is 5.75. The van der Waals surface area contributed by atoms with Crippen molar-refractivity contribution < 1.29 is 32.2 Å². The van der Waals surface area contributed by atoms with E-state index in [1.807, 2.05) is 4.90 Å². The van der Waals surface area contributed by atoms with Crippen LogP contribution in [-0.2, 0) is 0 Å². The van der Waals surface area contributed by atoms with Crippen LogP contribution in [0.3, 0.4) is 0 Å². The molecule has 0 spiro atoms. The summed E-state index contributed by atoms with van der Waals surface area (Å²) in [6.45, 7) is 1.06. The summed E-state index contributed by atoms with van der Waals surface area (Å²) in [6, 6.07) is 4.10. The van der Waals surface area contributed by atoms with Crippen molar-refractivity contribution >= 4 is 33.3 Å². The quantitative estimate of drug-likeness (QED) is 0.676. The van der Waals surface area contributed by atoms with E-state index in [0.29, 0.717) is 29.8 Å². The number of hydrogen-bond donors (Lipinski definition) is 2. The molecule has 0 unspecified atom stereocenters. The minimum atomic E-state index is -5.02. The van der Waals surface area contributed by atoms with Crippen LogP contribution in [0.4, 0.5) is 29.1 Å². The van der Waals surface area contributed by atoms with E-state index in [1.54, 1.807) is 0 Å². The first kappa shape index (κ1) is 20.3. The van der Waals surface area contributed by atoms with Crippen LogP contribution in [0.15, 0.2) is 34.9 Å². The number of ether oxygens (including phenoxy) is 1. The van der Waals surface area contributed by atoms with Gasteiger partial charge in [-0.05, 0) is 40.5 Å². The summed E-state index contributed by atoms with van der Waals surface area (Å²) in [5.41, 5.74) is 0.117. The maximum atomic E-state index is 13.7. The molecule has 0 bridgehead atoms. The Labute approximate surface area is 165 Å². The van der Waals surface area contributed by atoms with Gasteiger partial charge in [-0.2, -0.15) is 0 Å². The predicted molar refractivity (Wildman–Crippen MR) is 95.8 cm³/mol. The summed E-state index contributed by atoms with van der Waals surface area (Å²) in [6.07, 6.45) is -3.51. The second kappa shape index (κ2) is 7.92. The van der Waals surface area contributed by atoms with E-state index in [2.05, 4.69) is 31.0 Å². The number of aromatic nitrogens is 1. The molecule has 1 aliphatic rings. The summed E-state index contributed by atoms with van der Waals surface area (Å²) < 4.78 is 54.3. The molecule has 0 radical (unpaired) electrons. The topological polar surface area (TPSA) is 74.7 Å². The lowest BCUT2D eigenvalue weighted by Gasteiger charge is -2.18. The highest BCUT2D eigenvalue weighted by molar-refractivity contribution is 9.10. The van der Waals surface area contributed by atoms with Crippen LogP contribution in [0, 0.1) is 5.82 Å². The molecule has 0 aliphatic carbocycles. The Morgan fingerprint density at radius 3 is 2.68 bits per heavy atom. The van der Waals surface area contributed by atoms with Crippen molar-refractivity contribution in [3.05, 3.63) is 46.3 Å². The van der Waals surface area contributed by atoms with Crippen molar-refractivity contribution in [1.29, 1.82) is 0 Å². The largest absolute Gasteiger partial charge is 0.573 e. The fourth-order valence-corrected chi connectivity index (χ4v) is 3.31. The van der Waals surface area contributed by atoms with Crippen LogP contribution >= 0.6 is 15.9 Å². The average Bonchev–Trinajstić information content (AvgIpc) is 3.02. The van der Waals surface area contributed by atoms with E-state index in [9.17, 15) is 27.5 Å². The number of rotatable bonds is 4. The molecule has 1 fully saturated rings. The van der Waals surface area contributed by atoms with Crippen molar-refractivity contribution in [1.82, 2.24) is 4.98 Å². The van der Waals surface area contributed by atoms with E-state index in [1.165, 1.54) is 12.3 Å². The molecule has 3 rings (SSSR count). The lowest BCUT2D eigenvalue weighted by Crippen LogP contribution is -2.23. The average molecular weight is 464 g/mol. The number of aliphatic hydroxyl groups is 1. The SMILES string of the molecule is O=C(Nc1ccc(OC(F)(F)F)c(F)c1)c1cnc(N2CC[C@@H](O)C2)c(Br)c1. The van der Waals surface area contributed by atoms with Gasteiger partial charge in [0, 0.05) is 31.0 Å². The highest BCUT2D eigenvalue weighted by atomic mass is 79.9. The molecular weight excluding hydrogens is 450 g/mol. The zero-order chi connectivity index (χ0) is 20.5. The minimum absolute atomic E-state index is 0.0418. The zero-order valence-electron chi connectivity index (χ0n) is 14.1. The molecule has 1 amide bonds. The van der Waals surface area contributed by atoms with Gasteiger partial charge >= 0.3 is 6.36 Å². The Morgan fingerprint density at radius 1 is 1.36 bits per heavy atom. The lowest BCUT2D eigenvalue weighted by molar-refractivity contribution is -0.275. The van der Waals surface area contributed by atoms with Gasteiger partial charge in [-0.25, -0.2) is 9.37 Å².